The van der Waals surface area contributed by atoms with Crippen molar-refractivity contribution in [3.63, 3.8) is 0 Å². The molecule has 7 rings (SSSR count). The molecule has 0 bridgehead atoms. The fourth-order valence-electron chi connectivity index (χ4n) is 7.36. The fraction of sp³-hybridized carbons (Fsp3) is 0.447. The normalized spacial score (nSPS) is 17.3. The zero-order chi connectivity index (χ0) is 33.7. The second-order valence-electron chi connectivity index (χ2n) is 14.3. The SMILES string of the molecule is Cc1cc2nc(-c3ccc4c(c3)c(C3CCN(C5CCC5)CC3)nn4CCO)sc2c(-c2ccc(Cl)cc2)c1[C@H](OC(C)(C)C)C(=O)O. The van der Waals surface area contributed by atoms with Gasteiger partial charge in [-0.3, -0.25) is 4.68 Å². The Bertz CT molecular complexity index is 1970. The van der Waals surface area contributed by atoms with E-state index in [-0.39, 0.29) is 6.61 Å². The third-order valence-electron chi connectivity index (χ3n) is 9.86. The van der Waals surface area contributed by atoms with Crippen molar-refractivity contribution in [1.29, 1.82) is 0 Å². The van der Waals surface area contributed by atoms with E-state index in [1.807, 2.05) is 62.7 Å². The van der Waals surface area contributed by atoms with Gasteiger partial charge < -0.3 is 19.8 Å². The van der Waals surface area contributed by atoms with Crippen LogP contribution in [0.5, 0.6) is 0 Å². The summed E-state index contributed by atoms with van der Waals surface area (Å²) in [6, 6.07) is 16.6. The number of aromatic nitrogens is 3. The van der Waals surface area contributed by atoms with Crippen LogP contribution in [0.1, 0.15) is 81.7 Å². The molecule has 3 aromatic carbocycles. The number of aryl methyl sites for hydroxylation is 1. The summed E-state index contributed by atoms with van der Waals surface area (Å²) in [6.45, 7) is 10.2. The standard InChI is InChI=1S/C38H43ClN4O4S/c1-22-20-29-35(32(23-8-11-26(39)12-9-23)31(22)34(37(45)46)47-38(2,3)4)48-36(40-29)25-10-13-30-28(21-25)33(41-43(30)18-19-44)24-14-16-42(17-15-24)27-6-5-7-27/h8-13,20-21,24,27,34,44H,5-7,14-19H2,1-4H3,(H,45,46)/t34-/m0/s1. The van der Waals surface area contributed by atoms with Crippen molar-refractivity contribution in [2.75, 3.05) is 19.7 Å². The molecule has 10 heteroatoms. The van der Waals surface area contributed by atoms with E-state index in [2.05, 4.69) is 23.1 Å². The number of carboxylic acid groups (broad SMARTS) is 1. The van der Waals surface area contributed by atoms with Gasteiger partial charge in [0.1, 0.15) is 5.01 Å². The van der Waals surface area contributed by atoms with Crippen molar-refractivity contribution >= 4 is 50.0 Å². The van der Waals surface area contributed by atoms with E-state index in [1.165, 1.54) is 19.3 Å². The number of aliphatic hydroxyl groups excluding tert-OH is 1. The number of aliphatic carboxylic acids is 1. The van der Waals surface area contributed by atoms with E-state index in [4.69, 9.17) is 26.4 Å². The van der Waals surface area contributed by atoms with Crippen LogP contribution in [0, 0.1) is 6.92 Å². The highest BCUT2D eigenvalue weighted by Crippen LogP contribution is 2.45. The maximum absolute atomic E-state index is 12.8. The molecule has 2 fully saturated rings. The number of fused-ring (bicyclic) bond motifs is 2. The molecule has 1 saturated heterocycles. The molecule has 2 aliphatic rings. The van der Waals surface area contributed by atoms with E-state index in [0.29, 0.717) is 23.0 Å². The van der Waals surface area contributed by atoms with Gasteiger partial charge in [0.2, 0.25) is 0 Å². The third kappa shape index (κ3) is 6.39. The molecule has 252 valence electrons. The number of rotatable bonds is 9. The van der Waals surface area contributed by atoms with Gasteiger partial charge >= 0.3 is 5.97 Å². The Hall–Kier alpha value is -3.34. The molecule has 3 heterocycles. The number of carboxylic acids is 1. The van der Waals surface area contributed by atoms with Crippen LogP contribution in [-0.2, 0) is 16.1 Å². The number of benzene rings is 3. The molecular formula is C38H43ClN4O4S. The lowest BCUT2D eigenvalue weighted by molar-refractivity contribution is -0.160. The van der Waals surface area contributed by atoms with Crippen LogP contribution in [-0.4, -0.2) is 67.2 Å². The Morgan fingerprint density at radius 2 is 1.77 bits per heavy atom. The van der Waals surface area contributed by atoms with Crippen LogP contribution in [0.4, 0.5) is 0 Å². The van der Waals surface area contributed by atoms with Gasteiger partial charge in [-0.05, 0) is 114 Å². The lowest BCUT2D eigenvalue weighted by atomic mass is 9.86. The molecule has 48 heavy (non-hydrogen) atoms. The first-order valence-corrected chi connectivity index (χ1v) is 18.2. The molecule has 1 aliphatic heterocycles. The third-order valence-corrected chi connectivity index (χ3v) is 11.3. The number of likely N-dealkylation sites (tertiary alicyclic amines) is 1. The number of hydrogen-bond donors (Lipinski definition) is 2. The first-order chi connectivity index (χ1) is 23.0. The van der Waals surface area contributed by atoms with Crippen LogP contribution >= 0.6 is 22.9 Å². The van der Waals surface area contributed by atoms with Crippen LogP contribution < -0.4 is 0 Å². The van der Waals surface area contributed by atoms with Gasteiger partial charge in [-0.2, -0.15) is 5.10 Å². The monoisotopic (exact) mass is 686 g/mol. The smallest absolute Gasteiger partial charge is 0.337 e. The maximum atomic E-state index is 12.8. The van der Waals surface area contributed by atoms with E-state index >= 15 is 0 Å². The molecule has 8 nitrogen and oxygen atoms in total. The summed E-state index contributed by atoms with van der Waals surface area (Å²) in [5.74, 6) is -0.671. The fourth-order valence-corrected chi connectivity index (χ4v) is 8.60. The zero-order valence-corrected chi connectivity index (χ0v) is 29.6. The molecule has 0 unspecified atom stereocenters. The number of halogens is 1. The molecule has 1 atom stereocenters. The van der Waals surface area contributed by atoms with Crippen LogP contribution in [0.2, 0.25) is 5.02 Å². The predicted octanol–water partition coefficient (Wildman–Crippen LogP) is 8.61. The summed E-state index contributed by atoms with van der Waals surface area (Å²) in [5.41, 5.74) is 6.34. The largest absolute Gasteiger partial charge is 0.479 e. The second-order valence-corrected chi connectivity index (χ2v) is 15.7. The summed E-state index contributed by atoms with van der Waals surface area (Å²) in [7, 11) is 0. The van der Waals surface area contributed by atoms with Crippen LogP contribution in [0.15, 0.2) is 48.5 Å². The van der Waals surface area contributed by atoms with E-state index in [9.17, 15) is 15.0 Å². The Kier molecular flexibility index (Phi) is 9.10. The Balaban J connectivity index is 1.34. The van der Waals surface area contributed by atoms with Gasteiger partial charge in [0, 0.05) is 39.1 Å². The lowest BCUT2D eigenvalue weighted by Gasteiger charge is -2.41. The number of thiazole rings is 1. The summed E-state index contributed by atoms with van der Waals surface area (Å²) >= 11 is 7.85. The average Bonchev–Trinajstić information content (AvgIpc) is 3.60. The summed E-state index contributed by atoms with van der Waals surface area (Å²) in [6.07, 6.45) is 5.00. The number of hydrogen-bond acceptors (Lipinski definition) is 7. The number of ether oxygens (including phenoxy) is 1. The van der Waals surface area contributed by atoms with Gasteiger partial charge in [0.05, 0.1) is 40.2 Å². The molecule has 0 amide bonds. The van der Waals surface area contributed by atoms with Gasteiger partial charge in [0.25, 0.3) is 0 Å². The van der Waals surface area contributed by atoms with Crippen molar-refractivity contribution in [1.82, 2.24) is 19.7 Å². The average molecular weight is 687 g/mol. The molecule has 0 radical (unpaired) electrons. The second kappa shape index (κ2) is 13.2. The van der Waals surface area contributed by atoms with Crippen molar-refractivity contribution in [3.05, 3.63) is 70.4 Å². The molecule has 1 saturated carbocycles. The minimum Gasteiger partial charge on any atom is -0.479 e. The summed E-state index contributed by atoms with van der Waals surface area (Å²) < 4.78 is 9.04. The quantitative estimate of drug-likeness (QED) is 0.160. The highest BCUT2D eigenvalue weighted by Gasteiger charge is 2.33. The molecule has 2 aromatic heterocycles. The minimum absolute atomic E-state index is 0.0292. The van der Waals surface area contributed by atoms with Crippen molar-refractivity contribution in [2.24, 2.45) is 0 Å². The van der Waals surface area contributed by atoms with Crippen molar-refractivity contribution in [2.45, 2.75) is 90.0 Å². The van der Waals surface area contributed by atoms with E-state index < -0.39 is 17.7 Å². The topological polar surface area (TPSA) is 101 Å². The number of nitrogens with zero attached hydrogens (tertiary/aromatic N) is 4. The Labute approximate surface area is 290 Å². The number of carbonyl (C=O) groups is 1. The Morgan fingerprint density at radius 1 is 1.06 bits per heavy atom. The summed E-state index contributed by atoms with van der Waals surface area (Å²) in [5, 5.41) is 27.9. The zero-order valence-electron chi connectivity index (χ0n) is 28.0. The molecule has 2 N–H and O–H groups in total. The number of piperidine rings is 1. The predicted molar refractivity (Wildman–Crippen MR) is 193 cm³/mol. The van der Waals surface area contributed by atoms with Gasteiger partial charge in [-0.25, -0.2) is 9.78 Å². The first kappa shape index (κ1) is 33.2. The maximum Gasteiger partial charge on any atom is 0.337 e. The van der Waals surface area contributed by atoms with Crippen LogP contribution in [0.25, 0.3) is 42.8 Å². The molecule has 5 aromatic rings. The van der Waals surface area contributed by atoms with E-state index in [0.717, 1.165) is 86.0 Å². The van der Waals surface area contributed by atoms with Gasteiger partial charge in [0.15, 0.2) is 6.10 Å². The first-order valence-electron chi connectivity index (χ1n) is 17.0. The highest BCUT2D eigenvalue weighted by atomic mass is 35.5. The van der Waals surface area contributed by atoms with Crippen molar-refractivity contribution in [3.8, 4) is 21.7 Å². The number of aliphatic hydroxyl groups is 1. The molecule has 0 spiro atoms. The molecule has 1 aliphatic carbocycles. The van der Waals surface area contributed by atoms with Crippen LogP contribution in [0.3, 0.4) is 0 Å². The summed E-state index contributed by atoms with van der Waals surface area (Å²) in [4.78, 5) is 20.5. The Morgan fingerprint density at radius 3 is 2.40 bits per heavy atom. The highest BCUT2D eigenvalue weighted by molar-refractivity contribution is 7.22. The van der Waals surface area contributed by atoms with Crippen molar-refractivity contribution < 1.29 is 19.7 Å². The minimum atomic E-state index is -1.17. The van der Waals surface area contributed by atoms with E-state index in [1.54, 1.807) is 11.3 Å². The van der Waals surface area contributed by atoms with Gasteiger partial charge in [-0.15, -0.1) is 11.3 Å². The molecular weight excluding hydrogens is 644 g/mol. The van der Waals surface area contributed by atoms with Gasteiger partial charge in [-0.1, -0.05) is 30.2 Å². The lowest BCUT2D eigenvalue weighted by Crippen LogP contribution is -2.44.